The summed E-state index contributed by atoms with van der Waals surface area (Å²) in [6.07, 6.45) is -3.93. The van der Waals surface area contributed by atoms with Gasteiger partial charge in [0.15, 0.2) is 0 Å². The van der Waals surface area contributed by atoms with Crippen LogP contribution in [0.4, 0.5) is 13.2 Å². The van der Waals surface area contributed by atoms with E-state index in [2.05, 4.69) is 21.2 Å². The lowest BCUT2D eigenvalue weighted by atomic mass is 10.0. The average Bonchev–Trinajstić information content (AvgIpc) is 2.36. The molecule has 1 aromatic rings. The maximum absolute atomic E-state index is 12.7. The van der Waals surface area contributed by atoms with Crippen LogP contribution in [0.5, 0.6) is 0 Å². The zero-order valence-electron chi connectivity index (χ0n) is 11.6. The largest absolute Gasteiger partial charge is 0.416 e. The van der Waals surface area contributed by atoms with Gasteiger partial charge in [0.2, 0.25) is 0 Å². The standard InChI is InChI=1S/C14H16BrClF3NO/c1-8(2)12(5-6-16)20-13(21)10-7-9(14(17,18)19)3-4-11(10)15/h3-4,7-8,12H,5-6H2,1-2H3,(H,20,21). The maximum Gasteiger partial charge on any atom is 0.416 e. The third-order valence-electron chi connectivity index (χ3n) is 3.08. The summed E-state index contributed by atoms with van der Waals surface area (Å²) in [6, 6.07) is 2.82. The smallest absolute Gasteiger partial charge is 0.349 e. The van der Waals surface area contributed by atoms with Crippen molar-refractivity contribution in [3.05, 3.63) is 33.8 Å². The molecule has 0 aliphatic heterocycles. The van der Waals surface area contributed by atoms with Crippen molar-refractivity contribution >= 4 is 33.4 Å². The average molecular weight is 387 g/mol. The van der Waals surface area contributed by atoms with Gasteiger partial charge in [0, 0.05) is 16.4 Å². The normalized spacial score (nSPS) is 13.3. The lowest BCUT2D eigenvalue weighted by Crippen LogP contribution is -2.39. The Balaban J connectivity index is 3.01. The fraction of sp³-hybridized carbons (Fsp3) is 0.500. The molecule has 21 heavy (non-hydrogen) atoms. The van der Waals surface area contributed by atoms with E-state index in [-0.39, 0.29) is 17.5 Å². The number of carbonyl (C=O) groups excluding carboxylic acids is 1. The van der Waals surface area contributed by atoms with E-state index < -0.39 is 17.6 Å². The van der Waals surface area contributed by atoms with Gasteiger partial charge in [-0.25, -0.2) is 0 Å². The Morgan fingerprint density at radius 3 is 2.48 bits per heavy atom. The number of carbonyl (C=O) groups is 1. The summed E-state index contributed by atoms with van der Waals surface area (Å²) in [5, 5.41) is 2.73. The van der Waals surface area contributed by atoms with Gasteiger partial charge in [-0.05, 0) is 46.5 Å². The van der Waals surface area contributed by atoms with Crippen molar-refractivity contribution in [2.45, 2.75) is 32.5 Å². The predicted molar refractivity (Wildman–Crippen MR) is 80.6 cm³/mol. The van der Waals surface area contributed by atoms with Gasteiger partial charge >= 0.3 is 6.18 Å². The van der Waals surface area contributed by atoms with Gasteiger partial charge in [0.05, 0.1) is 11.1 Å². The minimum Gasteiger partial charge on any atom is -0.349 e. The molecule has 0 fully saturated rings. The predicted octanol–water partition coefficient (Wildman–Crippen LogP) is 4.85. The van der Waals surface area contributed by atoms with Crippen LogP contribution >= 0.6 is 27.5 Å². The van der Waals surface area contributed by atoms with Gasteiger partial charge in [-0.15, -0.1) is 11.6 Å². The summed E-state index contributed by atoms with van der Waals surface area (Å²) >= 11 is 8.79. The van der Waals surface area contributed by atoms with Crippen LogP contribution in [0.2, 0.25) is 0 Å². The van der Waals surface area contributed by atoms with Crippen LogP contribution in [0, 0.1) is 5.92 Å². The molecule has 118 valence electrons. The molecule has 1 amide bonds. The SMILES string of the molecule is CC(C)C(CCCl)NC(=O)c1cc(C(F)(F)F)ccc1Br. The lowest BCUT2D eigenvalue weighted by Gasteiger charge is -2.22. The molecule has 1 aromatic carbocycles. The number of hydrogen-bond donors (Lipinski definition) is 1. The van der Waals surface area contributed by atoms with Gasteiger partial charge in [-0.1, -0.05) is 13.8 Å². The first-order chi connectivity index (χ1) is 9.66. The lowest BCUT2D eigenvalue weighted by molar-refractivity contribution is -0.137. The molecule has 1 rings (SSSR count). The zero-order chi connectivity index (χ0) is 16.2. The number of alkyl halides is 4. The van der Waals surface area contributed by atoms with Gasteiger partial charge in [-0.2, -0.15) is 13.2 Å². The molecule has 2 nitrogen and oxygen atoms in total. The van der Waals surface area contributed by atoms with Crippen molar-refractivity contribution in [3.63, 3.8) is 0 Å². The van der Waals surface area contributed by atoms with E-state index in [9.17, 15) is 18.0 Å². The second kappa shape index (κ2) is 7.49. The topological polar surface area (TPSA) is 29.1 Å². The molecular formula is C14H16BrClF3NO. The summed E-state index contributed by atoms with van der Waals surface area (Å²) in [6.45, 7) is 3.83. The van der Waals surface area contributed by atoms with Crippen LogP contribution < -0.4 is 5.32 Å². The third kappa shape index (κ3) is 5.18. The molecule has 1 unspecified atom stereocenters. The van der Waals surface area contributed by atoms with Gasteiger partial charge in [0.25, 0.3) is 5.91 Å². The first kappa shape index (κ1) is 18.3. The second-order valence-corrected chi connectivity index (χ2v) is 6.23. The Bertz CT molecular complexity index is 505. The van der Waals surface area contributed by atoms with E-state index in [1.165, 1.54) is 6.07 Å². The van der Waals surface area contributed by atoms with Crippen LogP contribution in [0.15, 0.2) is 22.7 Å². The highest BCUT2D eigenvalue weighted by molar-refractivity contribution is 9.10. The van der Waals surface area contributed by atoms with E-state index >= 15 is 0 Å². The molecule has 0 aliphatic rings. The Hall–Kier alpha value is -0.750. The first-order valence-electron chi connectivity index (χ1n) is 6.40. The van der Waals surface area contributed by atoms with Crippen molar-refractivity contribution in [2.24, 2.45) is 5.92 Å². The highest BCUT2D eigenvalue weighted by atomic mass is 79.9. The Morgan fingerprint density at radius 2 is 2.00 bits per heavy atom. The molecule has 0 aliphatic carbocycles. The van der Waals surface area contributed by atoms with Gasteiger partial charge in [-0.3, -0.25) is 4.79 Å². The van der Waals surface area contributed by atoms with Crippen molar-refractivity contribution in [3.8, 4) is 0 Å². The van der Waals surface area contributed by atoms with Crippen LogP contribution in [0.3, 0.4) is 0 Å². The molecule has 0 saturated carbocycles. The molecule has 0 bridgehead atoms. The van der Waals surface area contributed by atoms with Crippen molar-refractivity contribution in [1.29, 1.82) is 0 Å². The molecule has 1 N–H and O–H groups in total. The van der Waals surface area contributed by atoms with Gasteiger partial charge < -0.3 is 5.32 Å². The summed E-state index contributed by atoms with van der Waals surface area (Å²) in [5.41, 5.74) is -0.890. The van der Waals surface area contributed by atoms with Crippen molar-refractivity contribution < 1.29 is 18.0 Å². The minimum absolute atomic E-state index is 0.0370. The molecule has 7 heteroatoms. The number of benzene rings is 1. The fourth-order valence-corrected chi connectivity index (χ4v) is 2.47. The summed E-state index contributed by atoms with van der Waals surface area (Å²) in [5.74, 6) is -0.0403. The van der Waals surface area contributed by atoms with Crippen LogP contribution in [-0.4, -0.2) is 17.8 Å². The summed E-state index contributed by atoms with van der Waals surface area (Å²) < 4.78 is 38.5. The van der Waals surface area contributed by atoms with Crippen molar-refractivity contribution in [2.75, 3.05) is 5.88 Å². The maximum atomic E-state index is 12.7. The van der Waals surface area contributed by atoms with Crippen molar-refractivity contribution in [1.82, 2.24) is 5.32 Å². The molecule has 0 aromatic heterocycles. The van der Waals surface area contributed by atoms with E-state index in [4.69, 9.17) is 11.6 Å². The van der Waals surface area contributed by atoms with Crippen LogP contribution in [0.1, 0.15) is 36.2 Å². The van der Waals surface area contributed by atoms with E-state index in [1.807, 2.05) is 13.8 Å². The molecule has 0 saturated heterocycles. The second-order valence-electron chi connectivity index (χ2n) is 4.99. The Kier molecular flexibility index (Phi) is 6.53. The Morgan fingerprint density at radius 1 is 1.38 bits per heavy atom. The van der Waals surface area contributed by atoms with E-state index in [1.54, 1.807) is 0 Å². The number of nitrogens with one attached hydrogen (secondary N) is 1. The fourth-order valence-electron chi connectivity index (χ4n) is 1.81. The molecule has 1 atom stereocenters. The summed E-state index contributed by atoms with van der Waals surface area (Å²) in [4.78, 5) is 12.2. The number of rotatable bonds is 5. The molecule has 0 spiro atoms. The quantitative estimate of drug-likeness (QED) is 0.720. The third-order valence-corrected chi connectivity index (χ3v) is 3.99. The van der Waals surface area contributed by atoms with Gasteiger partial charge in [0.1, 0.15) is 0 Å². The van der Waals surface area contributed by atoms with E-state index in [0.29, 0.717) is 16.8 Å². The molecular weight excluding hydrogens is 371 g/mol. The monoisotopic (exact) mass is 385 g/mol. The highest BCUT2D eigenvalue weighted by Gasteiger charge is 2.31. The molecule has 0 radical (unpaired) electrons. The first-order valence-corrected chi connectivity index (χ1v) is 7.73. The number of hydrogen-bond acceptors (Lipinski definition) is 1. The number of halogens is 5. The number of amides is 1. The highest BCUT2D eigenvalue weighted by Crippen LogP contribution is 2.32. The molecule has 0 heterocycles. The summed E-state index contributed by atoms with van der Waals surface area (Å²) in [7, 11) is 0. The van der Waals surface area contributed by atoms with E-state index in [0.717, 1.165) is 12.1 Å². The minimum atomic E-state index is -4.48. The van der Waals surface area contributed by atoms with Crippen LogP contribution in [0.25, 0.3) is 0 Å². The van der Waals surface area contributed by atoms with Crippen LogP contribution in [-0.2, 0) is 6.18 Å². The Labute approximate surface area is 135 Å². The zero-order valence-corrected chi connectivity index (χ0v) is 13.9.